The lowest BCUT2D eigenvalue weighted by Crippen LogP contribution is -2.35. The molecule has 1 aliphatic rings. The number of aryl methyl sites for hydroxylation is 1. The van der Waals surface area contributed by atoms with E-state index < -0.39 is 23.8 Å². The first-order valence-electron chi connectivity index (χ1n) is 9.84. The van der Waals surface area contributed by atoms with E-state index in [1.165, 1.54) is 4.90 Å². The summed E-state index contributed by atoms with van der Waals surface area (Å²) in [6.07, 6.45) is -0.801. The molecule has 3 rings (SSSR count). The van der Waals surface area contributed by atoms with Crippen LogP contribution in [0.5, 0.6) is 0 Å². The third-order valence-corrected chi connectivity index (χ3v) is 5.21. The fourth-order valence-electron chi connectivity index (χ4n) is 3.71. The van der Waals surface area contributed by atoms with Crippen molar-refractivity contribution in [3.8, 4) is 0 Å². The highest BCUT2D eigenvalue weighted by molar-refractivity contribution is 6.46. The third-order valence-electron chi connectivity index (χ3n) is 5.21. The normalized spacial score (nSPS) is 19.8. The summed E-state index contributed by atoms with van der Waals surface area (Å²) in [7, 11) is 0. The van der Waals surface area contributed by atoms with Gasteiger partial charge in [-0.25, -0.2) is 0 Å². The van der Waals surface area contributed by atoms with E-state index >= 15 is 0 Å². The number of β-amino-alcohol motifs (C(OH)–C–C–N with tert-alkyl or cyclic N) is 1. The van der Waals surface area contributed by atoms with Crippen molar-refractivity contribution in [3.05, 3.63) is 76.4 Å². The van der Waals surface area contributed by atoms with Crippen LogP contribution in [0, 0.1) is 6.92 Å². The first-order valence-corrected chi connectivity index (χ1v) is 9.84. The predicted octanol–water partition coefficient (Wildman–Crippen LogP) is 3.92. The van der Waals surface area contributed by atoms with Gasteiger partial charge >= 0.3 is 0 Å². The molecule has 2 N–H and O–H groups in total. The fourth-order valence-corrected chi connectivity index (χ4v) is 3.71. The van der Waals surface area contributed by atoms with Crippen LogP contribution in [-0.2, 0) is 9.59 Å². The van der Waals surface area contributed by atoms with Crippen molar-refractivity contribution in [2.24, 2.45) is 0 Å². The molecule has 1 fully saturated rings. The van der Waals surface area contributed by atoms with Gasteiger partial charge in [0.25, 0.3) is 11.7 Å². The smallest absolute Gasteiger partial charge is 0.295 e. The summed E-state index contributed by atoms with van der Waals surface area (Å²) in [5.41, 5.74) is 3.34. The molecule has 2 atom stereocenters. The van der Waals surface area contributed by atoms with Crippen LogP contribution in [-0.4, -0.2) is 39.5 Å². The predicted molar refractivity (Wildman–Crippen MR) is 112 cm³/mol. The molecule has 1 saturated heterocycles. The maximum atomic E-state index is 12.9. The molecule has 1 aliphatic heterocycles. The molecule has 5 nitrogen and oxygen atoms in total. The standard InChI is InChI=1S/C24H27NO4/c1-14(2)17-8-10-18(11-9-17)21-20(22(27)19-7-5-6-15(3)12-19)23(28)24(29)25(21)13-16(4)26/h5-12,14,16,21,26-27H,13H2,1-4H3/b22-20+. The van der Waals surface area contributed by atoms with Crippen LogP contribution < -0.4 is 0 Å². The molecule has 0 aliphatic carbocycles. The molecule has 0 saturated carbocycles. The highest BCUT2D eigenvalue weighted by Gasteiger charge is 2.46. The quantitative estimate of drug-likeness (QED) is 0.458. The van der Waals surface area contributed by atoms with Gasteiger partial charge in [-0.3, -0.25) is 9.59 Å². The number of hydrogen-bond acceptors (Lipinski definition) is 4. The monoisotopic (exact) mass is 393 g/mol. The van der Waals surface area contributed by atoms with E-state index in [-0.39, 0.29) is 17.9 Å². The minimum atomic E-state index is -0.801. The zero-order valence-electron chi connectivity index (χ0n) is 17.2. The summed E-state index contributed by atoms with van der Waals surface area (Å²) < 4.78 is 0. The van der Waals surface area contributed by atoms with Gasteiger partial charge in [-0.2, -0.15) is 0 Å². The Balaban J connectivity index is 2.17. The molecule has 0 radical (unpaired) electrons. The number of Topliss-reactive ketones (excluding diaryl/α,β-unsaturated/α-hetero) is 1. The van der Waals surface area contributed by atoms with Crippen molar-refractivity contribution in [1.82, 2.24) is 4.90 Å². The van der Waals surface area contributed by atoms with Gasteiger partial charge in [-0.1, -0.05) is 61.9 Å². The lowest BCUT2D eigenvalue weighted by Gasteiger charge is -2.26. The van der Waals surface area contributed by atoms with Crippen LogP contribution in [0.3, 0.4) is 0 Å². The summed E-state index contributed by atoms with van der Waals surface area (Å²) >= 11 is 0. The molecule has 0 aromatic heterocycles. The lowest BCUT2D eigenvalue weighted by molar-refractivity contribution is -0.140. The maximum Gasteiger partial charge on any atom is 0.295 e. The summed E-state index contributed by atoms with van der Waals surface area (Å²) in [5, 5.41) is 20.9. The molecule has 1 amide bonds. The highest BCUT2D eigenvalue weighted by atomic mass is 16.3. The number of carbonyl (C=O) groups excluding carboxylic acids is 2. The van der Waals surface area contributed by atoms with Crippen molar-refractivity contribution >= 4 is 17.4 Å². The number of aliphatic hydroxyl groups excluding tert-OH is 2. The Hall–Kier alpha value is -2.92. The van der Waals surface area contributed by atoms with Gasteiger partial charge in [0.1, 0.15) is 5.76 Å². The molecule has 5 heteroatoms. The first kappa shape index (κ1) is 20.8. The van der Waals surface area contributed by atoms with E-state index in [2.05, 4.69) is 13.8 Å². The minimum Gasteiger partial charge on any atom is -0.507 e. The van der Waals surface area contributed by atoms with Crippen LogP contribution in [0.4, 0.5) is 0 Å². The lowest BCUT2D eigenvalue weighted by atomic mass is 9.93. The molecule has 0 spiro atoms. The van der Waals surface area contributed by atoms with Gasteiger partial charge in [-0.15, -0.1) is 0 Å². The van der Waals surface area contributed by atoms with Crippen molar-refractivity contribution in [2.45, 2.75) is 45.8 Å². The number of nitrogens with zero attached hydrogens (tertiary/aromatic N) is 1. The zero-order chi connectivity index (χ0) is 21.3. The number of hydrogen-bond donors (Lipinski definition) is 2. The van der Waals surface area contributed by atoms with E-state index in [1.807, 2.05) is 37.3 Å². The van der Waals surface area contributed by atoms with Crippen LogP contribution in [0.2, 0.25) is 0 Å². The second-order valence-corrected chi connectivity index (χ2v) is 7.99. The molecule has 29 heavy (non-hydrogen) atoms. The number of carbonyl (C=O) groups is 2. The number of aliphatic hydroxyl groups is 2. The van der Waals surface area contributed by atoms with Gasteiger partial charge in [0.05, 0.1) is 17.7 Å². The van der Waals surface area contributed by atoms with E-state index in [1.54, 1.807) is 25.1 Å². The van der Waals surface area contributed by atoms with Crippen molar-refractivity contribution in [2.75, 3.05) is 6.54 Å². The SMILES string of the molecule is Cc1cccc(/C(O)=C2\C(=O)C(=O)N(CC(C)O)C2c2ccc(C(C)C)cc2)c1. The fraction of sp³-hybridized carbons (Fsp3) is 0.333. The number of ketones is 1. The largest absolute Gasteiger partial charge is 0.507 e. The Labute approximate surface area is 171 Å². The van der Waals surface area contributed by atoms with E-state index in [0.717, 1.165) is 16.7 Å². The van der Waals surface area contributed by atoms with Gasteiger partial charge < -0.3 is 15.1 Å². The Kier molecular flexibility index (Phi) is 5.89. The van der Waals surface area contributed by atoms with Crippen LogP contribution >= 0.6 is 0 Å². The molecule has 0 bridgehead atoms. The highest BCUT2D eigenvalue weighted by Crippen LogP contribution is 2.39. The first-order chi connectivity index (χ1) is 13.7. The number of likely N-dealkylation sites (tertiary alicyclic amines) is 1. The molecular weight excluding hydrogens is 366 g/mol. The maximum absolute atomic E-state index is 12.9. The Morgan fingerprint density at radius 3 is 2.28 bits per heavy atom. The van der Waals surface area contributed by atoms with Crippen molar-refractivity contribution in [1.29, 1.82) is 0 Å². The van der Waals surface area contributed by atoms with E-state index in [4.69, 9.17) is 0 Å². The zero-order valence-corrected chi connectivity index (χ0v) is 17.2. The number of benzene rings is 2. The van der Waals surface area contributed by atoms with Crippen LogP contribution in [0.1, 0.15) is 55.0 Å². The Bertz CT molecular complexity index is 957. The average molecular weight is 393 g/mol. The average Bonchev–Trinajstić information content (AvgIpc) is 2.92. The van der Waals surface area contributed by atoms with Crippen LogP contribution in [0.25, 0.3) is 5.76 Å². The molecular formula is C24H27NO4. The molecule has 152 valence electrons. The second-order valence-electron chi connectivity index (χ2n) is 7.99. The minimum absolute atomic E-state index is 0.00572. The summed E-state index contributed by atoms with van der Waals surface area (Å²) in [5.74, 6) is -1.29. The van der Waals surface area contributed by atoms with Crippen molar-refractivity contribution < 1.29 is 19.8 Å². The molecule has 2 aromatic rings. The molecule has 1 heterocycles. The topological polar surface area (TPSA) is 77.8 Å². The Morgan fingerprint density at radius 1 is 1.07 bits per heavy atom. The third kappa shape index (κ3) is 4.10. The van der Waals surface area contributed by atoms with Crippen LogP contribution in [0.15, 0.2) is 54.1 Å². The van der Waals surface area contributed by atoms with E-state index in [0.29, 0.717) is 11.5 Å². The number of rotatable bonds is 5. The van der Waals surface area contributed by atoms with Gasteiger partial charge in [0, 0.05) is 12.1 Å². The van der Waals surface area contributed by atoms with E-state index in [9.17, 15) is 19.8 Å². The molecule has 2 unspecified atom stereocenters. The Morgan fingerprint density at radius 2 is 1.72 bits per heavy atom. The summed E-state index contributed by atoms with van der Waals surface area (Å²) in [6.45, 7) is 7.65. The van der Waals surface area contributed by atoms with Gasteiger partial charge in [0.15, 0.2) is 0 Å². The van der Waals surface area contributed by atoms with Crippen molar-refractivity contribution in [3.63, 3.8) is 0 Å². The summed E-state index contributed by atoms with van der Waals surface area (Å²) in [6, 6.07) is 14.1. The second kappa shape index (κ2) is 8.21. The molecule has 2 aromatic carbocycles. The van der Waals surface area contributed by atoms with Gasteiger partial charge in [0.2, 0.25) is 0 Å². The summed E-state index contributed by atoms with van der Waals surface area (Å²) in [4.78, 5) is 26.9. The number of amides is 1. The van der Waals surface area contributed by atoms with Gasteiger partial charge in [-0.05, 0) is 37.0 Å².